The van der Waals surface area contributed by atoms with Crippen LogP contribution in [0.1, 0.15) is 112 Å². The maximum absolute atomic E-state index is 13.1. The number of hydrogen-bond donors (Lipinski definition) is 2. The minimum Gasteiger partial charge on any atom is -0.493 e. The summed E-state index contributed by atoms with van der Waals surface area (Å²) in [6, 6.07) is 10.2. The topological polar surface area (TPSA) is 232 Å². The van der Waals surface area contributed by atoms with Gasteiger partial charge in [-0.25, -0.2) is 9.97 Å². The summed E-state index contributed by atoms with van der Waals surface area (Å²) in [6.07, 6.45) is 4.35. The number of ether oxygens (including phenoxy) is 4. The van der Waals surface area contributed by atoms with Gasteiger partial charge in [0.05, 0.1) is 49.9 Å². The van der Waals surface area contributed by atoms with Gasteiger partial charge in [0.15, 0.2) is 22.6 Å². The number of methoxy groups -OCH3 is 2. The third-order valence-electron chi connectivity index (χ3n) is 10.2. The van der Waals surface area contributed by atoms with Crippen LogP contribution in [0.4, 0.5) is 0 Å². The largest absolute Gasteiger partial charge is 0.493 e. The van der Waals surface area contributed by atoms with Gasteiger partial charge >= 0.3 is 11.9 Å². The Morgan fingerprint density at radius 1 is 0.625 bits per heavy atom. The average Bonchev–Trinajstić information content (AvgIpc) is 3.85. The first kappa shape index (κ1) is 48.1. The zero-order chi connectivity index (χ0) is 46.5. The molecular formula is C46H56N8O10. The maximum Gasteiger partial charge on any atom is 0.305 e. The number of Topliss-reactive ketones (excluding diaryl/α,β-unsaturated/α-hetero) is 2. The second-order valence-corrected chi connectivity index (χ2v) is 14.9. The van der Waals surface area contributed by atoms with Crippen LogP contribution in [0.25, 0.3) is 44.8 Å². The van der Waals surface area contributed by atoms with E-state index in [-0.39, 0.29) is 53.0 Å². The van der Waals surface area contributed by atoms with Crippen LogP contribution < -0.4 is 20.6 Å². The fourth-order valence-electron chi connectivity index (χ4n) is 6.90. The minimum absolute atomic E-state index is 0.0932. The van der Waals surface area contributed by atoms with E-state index in [1.165, 1.54) is 28.1 Å². The highest BCUT2D eigenvalue weighted by Gasteiger charge is 2.21. The van der Waals surface area contributed by atoms with E-state index in [2.05, 4.69) is 29.6 Å². The summed E-state index contributed by atoms with van der Waals surface area (Å²) in [7, 11) is 2.70. The molecule has 0 amide bonds. The van der Waals surface area contributed by atoms with E-state index in [1.807, 2.05) is 27.7 Å². The summed E-state index contributed by atoms with van der Waals surface area (Å²) in [5.74, 6) is 0.944. The number of rotatable bonds is 20. The van der Waals surface area contributed by atoms with E-state index >= 15 is 0 Å². The molecule has 0 bridgehead atoms. The van der Waals surface area contributed by atoms with Gasteiger partial charge in [0.25, 0.3) is 11.1 Å². The fraction of sp³-hybridized carbons (Fsp3) is 0.435. The molecule has 6 aromatic rings. The molecule has 6 rings (SSSR count). The number of aromatic amines is 2. The molecule has 0 radical (unpaired) electrons. The number of carbonyl (C=O) groups excluding carboxylic acids is 4. The number of carbonyl (C=O) groups is 4. The van der Waals surface area contributed by atoms with Crippen LogP contribution in [0.3, 0.4) is 0 Å². The smallest absolute Gasteiger partial charge is 0.305 e. The number of H-pyrrole nitrogens is 2. The molecule has 18 heteroatoms. The molecule has 4 heterocycles. The molecule has 0 fully saturated rings. The molecule has 0 saturated heterocycles. The molecule has 18 nitrogen and oxygen atoms in total. The summed E-state index contributed by atoms with van der Waals surface area (Å²) >= 11 is 0. The minimum atomic E-state index is -0.374. The Morgan fingerprint density at radius 3 is 1.59 bits per heavy atom. The van der Waals surface area contributed by atoms with Crippen molar-refractivity contribution in [1.29, 1.82) is 0 Å². The van der Waals surface area contributed by atoms with Crippen LogP contribution in [0, 0.1) is 0 Å². The van der Waals surface area contributed by atoms with E-state index < -0.39 is 0 Å². The van der Waals surface area contributed by atoms with Crippen LogP contribution in [-0.4, -0.2) is 90.4 Å². The molecular weight excluding hydrogens is 825 g/mol. The van der Waals surface area contributed by atoms with E-state index in [1.54, 1.807) is 45.8 Å². The Labute approximate surface area is 369 Å². The van der Waals surface area contributed by atoms with Gasteiger partial charge in [0.2, 0.25) is 0 Å². The van der Waals surface area contributed by atoms with Crippen molar-refractivity contribution in [3.63, 3.8) is 0 Å². The molecule has 2 N–H and O–H groups in total. The lowest BCUT2D eigenvalue weighted by Gasteiger charge is -2.12. The molecule has 64 heavy (non-hydrogen) atoms. The predicted molar refractivity (Wildman–Crippen MR) is 240 cm³/mol. The SMILES string of the molecule is CCCOc1ccc(C(C)=O)cc1-c1nc2c(CC)n(CCCC(=O)OC)nc2c(=O)[nH]1.CCCOc1ccc(C(C)=O)cc1-c1nc2c(CC)nn(CCCC(=O)OC)c2c(=O)[nH]1. The molecule has 0 aliphatic heterocycles. The van der Waals surface area contributed by atoms with Gasteiger partial charge in [-0.15, -0.1) is 0 Å². The fourth-order valence-corrected chi connectivity index (χ4v) is 6.90. The molecule has 0 atom stereocenters. The highest BCUT2D eigenvalue weighted by molar-refractivity contribution is 5.96. The first-order valence-corrected chi connectivity index (χ1v) is 21.5. The first-order valence-electron chi connectivity index (χ1n) is 21.5. The van der Waals surface area contributed by atoms with Crippen LogP contribution in [0.15, 0.2) is 46.0 Å². The number of aryl methyl sites for hydroxylation is 4. The second-order valence-electron chi connectivity index (χ2n) is 14.9. The van der Waals surface area contributed by atoms with Crippen molar-refractivity contribution in [3.8, 4) is 34.3 Å². The lowest BCUT2D eigenvalue weighted by molar-refractivity contribution is -0.141. The molecule has 0 saturated carbocycles. The van der Waals surface area contributed by atoms with Crippen molar-refractivity contribution < 1.29 is 38.1 Å². The quantitative estimate of drug-likeness (QED) is 0.0609. The summed E-state index contributed by atoms with van der Waals surface area (Å²) < 4.78 is 24.3. The summed E-state index contributed by atoms with van der Waals surface area (Å²) in [6.45, 7) is 12.7. The van der Waals surface area contributed by atoms with Gasteiger partial charge in [-0.3, -0.25) is 38.1 Å². The number of fused-ring (bicyclic) bond motifs is 2. The predicted octanol–water partition coefficient (Wildman–Crippen LogP) is 6.59. The molecule has 340 valence electrons. The van der Waals surface area contributed by atoms with Gasteiger partial charge in [0.1, 0.15) is 34.2 Å². The Morgan fingerprint density at radius 2 is 1.12 bits per heavy atom. The van der Waals surface area contributed by atoms with Crippen LogP contribution in [0.2, 0.25) is 0 Å². The van der Waals surface area contributed by atoms with Gasteiger partial charge in [0, 0.05) is 37.1 Å². The average molecular weight is 881 g/mol. The third-order valence-corrected chi connectivity index (χ3v) is 10.2. The highest BCUT2D eigenvalue weighted by Crippen LogP contribution is 2.32. The molecule has 0 aliphatic rings. The van der Waals surface area contributed by atoms with Crippen LogP contribution in [-0.2, 0) is 45.0 Å². The Hall–Kier alpha value is -6.98. The number of aromatic nitrogens is 8. The first-order chi connectivity index (χ1) is 30.8. The molecule has 0 aliphatic carbocycles. The van der Waals surface area contributed by atoms with Crippen LogP contribution >= 0.6 is 0 Å². The van der Waals surface area contributed by atoms with Gasteiger partial charge in [-0.1, -0.05) is 27.7 Å². The van der Waals surface area contributed by atoms with Gasteiger partial charge < -0.3 is 28.9 Å². The molecule has 4 aromatic heterocycles. The van der Waals surface area contributed by atoms with Crippen molar-refractivity contribution in [2.75, 3.05) is 27.4 Å². The molecule has 0 unspecified atom stereocenters. The van der Waals surface area contributed by atoms with E-state index in [0.29, 0.717) is 120 Å². The standard InChI is InChI=1S/2C23H28N4O5/c1-5-12-32-18-10-9-15(14(3)28)13-16(18)22-24-20-17(6-2)27(11-7-8-19(29)31-4)26-21(20)23(30)25-22;1-5-12-32-18-10-9-15(14(3)28)13-16(18)22-24-20-17(6-2)26-27(21(20)23(30)25-22)11-7-8-19(29)31-4/h2*9-10,13H,5-8,11-12H2,1-4H3,(H,24,25,30). The zero-order valence-electron chi connectivity index (χ0n) is 37.7. The van der Waals surface area contributed by atoms with Crippen molar-refractivity contribution in [1.82, 2.24) is 39.5 Å². The number of nitrogens with zero attached hydrogens (tertiary/aromatic N) is 6. The third kappa shape index (κ3) is 11.3. The summed E-state index contributed by atoms with van der Waals surface area (Å²) in [4.78, 5) is 87.6. The normalized spacial score (nSPS) is 11.0. The van der Waals surface area contributed by atoms with Crippen LogP contribution in [0.5, 0.6) is 11.5 Å². The number of hydrogen-bond acceptors (Lipinski definition) is 14. The number of ketones is 2. The van der Waals surface area contributed by atoms with E-state index in [4.69, 9.17) is 19.4 Å². The van der Waals surface area contributed by atoms with Crippen molar-refractivity contribution in [2.24, 2.45) is 0 Å². The summed E-state index contributed by atoms with van der Waals surface area (Å²) in [5, 5.41) is 8.97. The lowest BCUT2D eigenvalue weighted by atomic mass is 10.1. The highest BCUT2D eigenvalue weighted by atomic mass is 16.5. The lowest BCUT2D eigenvalue weighted by Crippen LogP contribution is -2.15. The van der Waals surface area contributed by atoms with E-state index in [9.17, 15) is 28.8 Å². The number of esters is 2. The van der Waals surface area contributed by atoms with Crippen molar-refractivity contribution in [3.05, 3.63) is 79.6 Å². The zero-order valence-corrected chi connectivity index (χ0v) is 37.7. The molecule has 2 aromatic carbocycles. The summed E-state index contributed by atoms with van der Waals surface area (Å²) in [5.41, 5.74) is 4.46. The van der Waals surface area contributed by atoms with Gasteiger partial charge in [-0.05, 0) is 88.8 Å². The van der Waals surface area contributed by atoms with Gasteiger partial charge in [-0.2, -0.15) is 10.2 Å². The second kappa shape index (κ2) is 22.4. The Balaban J connectivity index is 0.000000241. The number of nitrogens with one attached hydrogen (secondary N) is 2. The monoisotopic (exact) mass is 880 g/mol. The molecule has 0 spiro atoms. The maximum atomic E-state index is 13.1. The van der Waals surface area contributed by atoms with Crippen molar-refractivity contribution >= 4 is 45.6 Å². The Kier molecular flexibility index (Phi) is 16.8. The van der Waals surface area contributed by atoms with Crippen molar-refractivity contribution in [2.45, 2.75) is 106 Å². The Bertz CT molecular complexity index is 2690. The number of benzene rings is 2. The van der Waals surface area contributed by atoms with E-state index in [0.717, 1.165) is 18.5 Å².